The number of nitrogens with zero attached hydrogens (tertiary/aromatic N) is 2. The zero-order valence-corrected chi connectivity index (χ0v) is 9.64. The summed E-state index contributed by atoms with van der Waals surface area (Å²) >= 11 is 0. The predicted molar refractivity (Wildman–Crippen MR) is 65.9 cm³/mol. The number of hydrogen-bond acceptors (Lipinski definition) is 3. The Labute approximate surface area is 98.3 Å². The Morgan fingerprint density at radius 3 is 2.82 bits per heavy atom. The second kappa shape index (κ2) is 4.29. The van der Waals surface area contributed by atoms with Crippen LogP contribution in [0, 0.1) is 6.92 Å². The predicted octanol–water partition coefficient (Wildman–Crippen LogP) is 1.87. The largest absolute Gasteiger partial charge is 0.410 e. The molecule has 5 nitrogen and oxygen atoms in total. The first-order valence-electron chi connectivity index (χ1n) is 5.20. The average molecular weight is 231 g/mol. The highest BCUT2D eigenvalue weighted by atomic mass is 16.4. The molecule has 1 aromatic heterocycles. The minimum absolute atomic E-state index is 0.0159. The van der Waals surface area contributed by atoms with E-state index < -0.39 is 5.91 Å². The van der Waals surface area contributed by atoms with E-state index in [2.05, 4.69) is 10.6 Å². The van der Waals surface area contributed by atoms with Gasteiger partial charge in [-0.3, -0.25) is 14.9 Å². The number of fused-ring (bicyclic) bond motifs is 1. The van der Waals surface area contributed by atoms with Gasteiger partial charge in [0.2, 0.25) is 0 Å². The summed E-state index contributed by atoms with van der Waals surface area (Å²) in [5, 5.41) is 12.4. The van der Waals surface area contributed by atoms with Crippen molar-refractivity contribution >= 4 is 22.5 Å². The van der Waals surface area contributed by atoms with Crippen LogP contribution in [0.25, 0.3) is 10.9 Å². The number of carbonyl (C=O) groups is 1. The van der Waals surface area contributed by atoms with E-state index in [0.29, 0.717) is 0 Å². The summed E-state index contributed by atoms with van der Waals surface area (Å²) in [5.74, 6) is -0.433. The Kier molecular flexibility index (Phi) is 2.82. The molecule has 0 unspecified atom stereocenters. The molecule has 1 aromatic carbocycles. The number of para-hydroxylation sites is 1. The second-order valence-electron chi connectivity index (χ2n) is 3.81. The van der Waals surface area contributed by atoms with Crippen molar-refractivity contribution < 1.29 is 10.0 Å². The smallest absolute Gasteiger partial charge is 0.287 e. The fraction of sp³-hybridized carbons (Fsp3) is 0.167. The Bertz CT molecular complexity index is 599. The van der Waals surface area contributed by atoms with Crippen molar-refractivity contribution in [3.05, 3.63) is 36.0 Å². The van der Waals surface area contributed by atoms with Crippen molar-refractivity contribution in [1.29, 1.82) is 0 Å². The number of carbonyl (C=O) groups excluding carboxylic acids is 1. The van der Waals surface area contributed by atoms with Gasteiger partial charge in [-0.05, 0) is 26.0 Å². The Morgan fingerprint density at radius 1 is 1.41 bits per heavy atom. The number of aryl methyl sites for hydroxylation is 1. The lowest BCUT2D eigenvalue weighted by Crippen LogP contribution is -2.28. The topological polar surface area (TPSA) is 66.6 Å². The number of rotatable bonds is 2. The molecular formula is C12H13N3O2. The van der Waals surface area contributed by atoms with Gasteiger partial charge in [0.25, 0.3) is 5.91 Å². The number of oxime groups is 1. The van der Waals surface area contributed by atoms with Gasteiger partial charge >= 0.3 is 0 Å². The summed E-state index contributed by atoms with van der Waals surface area (Å²) in [4.78, 5) is 11.6. The first kappa shape index (κ1) is 11.2. The summed E-state index contributed by atoms with van der Waals surface area (Å²) in [6.45, 7) is 3.34. The first-order valence-corrected chi connectivity index (χ1v) is 5.20. The number of amides is 1. The Hall–Kier alpha value is -2.30. The van der Waals surface area contributed by atoms with E-state index in [1.165, 1.54) is 6.92 Å². The van der Waals surface area contributed by atoms with Crippen LogP contribution in [0.15, 0.2) is 35.5 Å². The van der Waals surface area contributed by atoms with Gasteiger partial charge in [-0.25, -0.2) is 0 Å². The van der Waals surface area contributed by atoms with E-state index in [1.54, 1.807) is 4.68 Å². The molecule has 0 aliphatic rings. The van der Waals surface area contributed by atoms with Crippen LogP contribution in [-0.4, -0.2) is 21.5 Å². The molecule has 0 aliphatic carbocycles. The minimum Gasteiger partial charge on any atom is -0.410 e. The lowest BCUT2D eigenvalue weighted by Gasteiger charge is -2.09. The zero-order chi connectivity index (χ0) is 12.4. The van der Waals surface area contributed by atoms with Crippen molar-refractivity contribution in [1.82, 2.24) is 4.68 Å². The summed E-state index contributed by atoms with van der Waals surface area (Å²) in [6, 6.07) is 9.69. The maximum Gasteiger partial charge on any atom is 0.287 e. The van der Waals surface area contributed by atoms with Crippen LogP contribution in [0.2, 0.25) is 0 Å². The summed E-state index contributed by atoms with van der Waals surface area (Å²) < 4.78 is 1.67. The van der Waals surface area contributed by atoms with Gasteiger partial charge in [0.15, 0.2) is 0 Å². The molecule has 0 spiro atoms. The molecule has 0 atom stereocenters. The third-order valence-corrected chi connectivity index (χ3v) is 2.59. The molecule has 1 amide bonds. The Morgan fingerprint density at radius 2 is 2.12 bits per heavy atom. The van der Waals surface area contributed by atoms with Crippen LogP contribution in [0.1, 0.15) is 12.6 Å². The van der Waals surface area contributed by atoms with Crippen LogP contribution < -0.4 is 5.43 Å². The first-order chi connectivity index (χ1) is 8.13. The van der Waals surface area contributed by atoms with Crippen molar-refractivity contribution in [2.75, 3.05) is 5.43 Å². The van der Waals surface area contributed by atoms with Crippen LogP contribution in [-0.2, 0) is 4.79 Å². The van der Waals surface area contributed by atoms with Crippen LogP contribution in [0.3, 0.4) is 0 Å². The van der Waals surface area contributed by atoms with Gasteiger partial charge in [-0.1, -0.05) is 23.4 Å². The number of hydrogen-bond donors (Lipinski definition) is 2. The van der Waals surface area contributed by atoms with E-state index in [0.717, 1.165) is 16.6 Å². The van der Waals surface area contributed by atoms with Gasteiger partial charge in [-0.2, -0.15) is 0 Å². The van der Waals surface area contributed by atoms with E-state index in [1.807, 2.05) is 37.3 Å². The molecule has 0 saturated heterocycles. The molecule has 2 rings (SSSR count). The molecule has 88 valence electrons. The van der Waals surface area contributed by atoms with Crippen molar-refractivity contribution in [3.8, 4) is 0 Å². The van der Waals surface area contributed by atoms with Crippen LogP contribution >= 0.6 is 0 Å². The third kappa shape index (κ3) is 1.99. The monoisotopic (exact) mass is 231 g/mol. The van der Waals surface area contributed by atoms with E-state index in [4.69, 9.17) is 5.21 Å². The molecular weight excluding hydrogens is 218 g/mol. The van der Waals surface area contributed by atoms with Crippen molar-refractivity contribution in [3.63, 3.8) is 0 Å². The summed E-state index contributed by atoms with van der Waals surface area (Å²) in [7, 11) is 0. The molecule has 0 radical (unpaired) electrons. The molecule has 5 heteroatoms. The SMILES string of the molecule is C/C(=N\O)C(=O)Nn1c(C)cc2ccccc21. The second-order valence-corrected chi connectivity index (χ2v) is 3.81. The molecule has 0 aliphatic heterocycles. The van der Waals surface area contributed by atoms with Crippen LogP contribution in [0.5, 0.6) is 0 Å². The quantitative estimate of drug-likeness (QED) is 0.470. The molecule has 1 heterocycles. The third-order valence-electron chi connectivity index (χ3n) is 2.59. The molecule has 0 bridgehead atoms. The van der Waals surface area contributed by atoms with E-state index >= 15 is 0 Å². The zero-order valence-electron chi connectivity index (χ0n) is 9.64. The number of aromatic nitrogens is 1. The molecule has 0 fully saturated rings. The number of nitrogens with one attached hydrogen (secondary N) is 1. The summed E-state index contributed by atoms with van der Waals surface area (Å²) in [5.41, 5.74) is 4.50. The highest BCUT2D eigenvalue weighted by Crippen LogP contribution is 2.17. The fourth-order valence-electron chi connectivity index (χ4n) is 1.67. The lowest BCUT2D eigenvalue weighted by atomic mass is 10.2. The maximum atomic E-state index is 11.6. The highest BCUT2D eigenvalue weighted by Gasteiger charge is 2.10. The molecule has 2 N–H and O–H groups in total. The highest BCUT2D eigenvalue weighted by molar-refractivity contribution is 6.40. The van der Waals surface area contributed by atoms with Gasteiger partial charge in [0, 0.05) is 11.1 Å². The molecule has 0 saturated carbocycles. The maximum absolute atomic E-state index is 11.6. The number of benzene rings is 1. The normalized spacial score (nSPS) is 11.8. The van der Waals surface area contributed by atoms with Gasteiger partial charge in [-0.15, -0.1) is 0 Å². The minimum atomic E-state index is -0.433. The van der Waals surface area contributed by atoms with Gasteiger partial charge < -0.3 is 5.21 Å². The van der Waals surface area contributed by atoms with E-state index in [-0.39, 0.29) is 5.71 Å². The van der Waals surface area contributed by atoms with Crippen LogP contribution in [0.4, 0.5) is 0 Å². The van der Waals surface area contributed by atoms with Crippen molar-refractivity contribution in [2.24, 2.45) is 5.16 Å². The standard InChI is InChI=1S/C12H13N3O2/c1-8-7-10-5-3-4-6-11(10)15(8)13-12(16)9(2)14-17/h3-7,17H,1-2H3,(H,13,16)/b14-9+. The lowest BCUT2D eigenvalue weighted by molar-refractivity contribution is -0.111. The van der Waals surface area contributed by atoms with Crippen molar-refractivity contribution in [2.45, 2.75) is 13.8 Å². The van der Waals surface area contributed by atoms with Gasteiger partial charge in [0.1, 0.15) is 5.71 Å². The molecule has 17 heavy (non-hydrogen) atoms. The molecule has 2 aromatic rings. The van der Waals surface area contributed by atoms with E-state index in [9.17, 15) is 4.79 Å². The summed E-state index contributed by atoms with van der Waals surface area (Å²) in [6.07, 6.45) is 0. The fourth-order valence-corrected chi connectivity index (χ4v) is 1.67. The van der Waals surface area contributed by atoms with Gasteiger partial charge in [0.05, 0.1) is 5.52 Å². The Balaban J connectivity index is 2.42. The average Bonchev–Trinajstić information content (AvgIpc) is 2.65.